The summed E-state index contributed by atoms with van der Waals surface area (Å²) in [6.07, 6.45) is 0.354. The Balaban J connectivity index is 2.06. The molecule has 5 heteroatoms. The number of carbonyl (C=O) groups excluding carboxylic acids is 1. The van der Waals surface area contributed by atoms with E-state index < -0.39 is 5.92 Å². The molecule has 1 aromatic carbocycles. The Bertz CT molecular complexity index is 492. The maximum atomic E-state index is 12.2. The molecule has 0 N–H and O–H groups in total. The lowest BCUT2D eigenvalue weighted by Crippen LogP contribution is -2.43. The predicted molar refractivity (Wildman–Crippen MR) is 71.7 cm³/mol. The number of ether oxygens (including phenoxy) is 1. The highest BCUT2D eigenvalue weighted by molar-refractivity contribution is 6.31. The van der Waals surface area contributed by atoms with Crippen LogP contribution in [-0.4, -0.2) is 37.1 Å². The second-order valence-electron chi connectivity index (χ2n) is 4.41. The minimum absolute atomic E-state index is 0.134. The van der Waals surface area contributed by atoms with E-state index in [1.54, 1.807) is 11.0 Å². The second kappa shape index (κ2) is 6.55. The monoisotopic (exact) mass is 278 g/mol. The average molecular weight is 279 g/mol. The van der Waals surface area contributed by atoms with Crippen molar-refractivity contribution in [1.29, 1.82) is 5.26 Å². The molecule has 0 aromatic heterocycles. The lowest BCUT2D eigenvalue weighted by molar-refractivity contribution is -0.137. The molecule has 1 aromatic rings. The zero-order valence-corrected chi connectivity index (χ0v) is 11.3. The minimum Gasteiger partial charge on any atom is -0.378 e. The number of benzene rings is 1. The maximum Gasteiger partial charge on any atom is 0.240 e. The molecule has 1 atom stereocenters. The Morgan fingerprint density at radius 3 is 2.74 bits per heavy atom. The van der Waals surface area contributed by atoms with Gasteiger partial charge in [0.25, 0.3) is 0 Å². The largest absolute Gasteiger partial charge is 0.378 e. The third-order valence-corrected chi connectivity index (χ3v) is 3.53. The first-order chi connectivity index (χ1) is 9.22. The molecular weight excluding hydrogens is 264 g/mol. The number of nitriles is 1. The van der Waals surface area contributed by atoms with Crippen molar-refractivity contribution in [3.05, 3.63) is 34.9 Å². The molecule has 19 heavy (non-hydrogen) atoms. The predicted octanol–water partition coefficient (Wildman–Crippen LogP) is 1.88. The number of carbonyl (C=O) groups is 1. The van der Waals surface area contributed by atoms with Crippen LogP contribution in [0.1, 0.15) is 5.56 Å². The van der Waals surface area contributed by atoms with Crippen molar-refractivity contribution in [2.75, 3.05) is 26.3 Å². The van der Waals surface area contributed by atoms with Gasteiger partial charge >= 0.3 is 0 Å². The van der Waals surface area contributed by atoms with Crippen molar-refractivity contribution in [3.63, 3.8) is 0 Å². The highest BCUT2D eigenvalue weighted by atomic mass is 35.5. The SMILES string of the molecule is N#CC(Cc1ccccc1Cl)C(=O)N1CCOCC1. The van der Waals surface area contributed by atoms with Gasteiger partial charge in [-0.15, -0.1) is 0 Å². The molecule has 1 saturated heterocycles. The third kappa shape index (κ3) is 3.46. The average Bonchev–Trinajstić information content (AvgIpc) is 2.47. The van der Waals surface area contributed by atoms with E-state index in [0.29, 0.717) is 37.7 Å². The number of hydrogen-bond donors (Lipinski definition) is 0. The molecule has 1 amide bonds. The van der Waals surface area contributed by atoms with Crippen LogP contribution in [0.25, 0.3) is 0 Å². The fourth-order valence-electron chi connectivity index (χ4n) is 2.08. The first-order valence-corrected chi connectivity index (χ1v) is 6.59. The second-order valence-corrected chi connectivity index (χ2v) is 4.82. The number of amides is 1. The zero-order valence-electron chi connectivity index (χ0n) is 10.5. The van der Waals surface area contributed by atoms with E-state index in [1.165, 1.54) is 0 Å². The van der Waals surface area contributed by atoms with Crippen LogP contribution in [0.15, 0.2) is 24.3 Å². The molecule has 2 rings (SSSR count). The van der Waals surface area contributed by atoms with Crippen LogP contribution in [0, 0.1) is 17.2 Å². The third-order valence-electron chi connectivity index (χ3n) is 3.16. The molecule has 0 spiro atoms. The van der Waals surface area contributed by atoms with E-state index in [-0.39, 0.29) is 5.91 Å². The zero-order chi connectivity index (χ0) is 13.7. The first-order valence-electron chi connectivity index (χ1n) is 6.22. The summed E-state index contributed by atoms with van der Waals surface area (Å²) in [6, 6.07) is 9.39. The summed E-state index contributed by atoms with van der Waals surface area (Å²) in [5.41, 5.74) is 0.831. The van der Waals surface area contributed by atoms with Crippen molar-refractivity contribution in [1.82, 2.24) is 4.90 Å². The number of nitrogens with zero attached hydrogens (tertiary/aromatic N) is 2. The number of hydrogen-bond acceptors (Lipinski definition) is 3. The Kier molecular flexibility index (Phi) is 4.78. The summed E-state index contributed by atoms with van der Waals surface area (Å²) < 4.78 is 5.20. The highest BCUT2D eigenvalue weighted by Crippen LogP contribution is 2.20. The maximum absolute atomic E-state index is 12.2. The molecule has 0 aliphatic carbocycles. The summed E-state index contributed by atoms with van der Waals surface area (Å²) >= 11 is 6.06. The molecule has 0 radical (unpaired) electrons. The molecule has 1 unspecified atom stereocenters. The van der Waals surface area contributed by atoms with E-state index in [9.17, 15) is 10.1 Å². The van der Waals surface area contributed by atoms with Crippen LogP contribution in [0.2, 0.25) is 5.02 Å². The van der Waals surface area contributed by atoms with Crippen molar-refractivity contribution >= 4 is 17.5 Å². The molecule has 0 bridgehead atoms. The van der Waals surface area contributed by atoms with Crippen LogP contribution in [0.3, 0.4) is 0 Å². The molecule has 1 heterocycles. The van der Waals surface area contributed by atoms with Crippen molar-refractivity contribution in [3.8, 4) is 6.07 Å². The van der Waals surface area contributed by atoms with Crippen LogP contribution in [0.5, 0.6) is 0 Å². The molecule has 4 nitrogen and oxygen atoms in total. The van der Waals surface area contributed by atoms with E-state index in [4.69, 9.17) is 16.3 Å². The Morgan fingerprint density at radius 1 is 1.42 bits per heavy atom. The van der Waals surface area contributed by atoms with Crippen LogP contribution in [-0.2, 0) is 16.0 Å². The molecular formula is C14H15ClN2O2. The number of halogens is 1. The first kappa shape index (κ1) is 13.9. The summed E-state index contributed by atoms with van der Waals surface area (Å²) in [4.78, 5) is 13.9. The topological polar surface area (TPSA) is 53.3 Å². The highest BCUT2D eigenvalue weighted by Gasteiger charge is 2.26. The summed E-state index contributed by atoms with van der Waals surface area (Å²) in [5.74, 6) is -0.816. The summed E-state index contributed by atoms with van der Waals surface area (Å²) in [5, 5.41) is 9.80. The van der Waals surface area contributed by atoms with E-state index in [2.05, 4.69) is 6.07 Å². The van der Waals surface area contributed by atoms with Gasteiger partial charge in [0, 0.05) is 18.1 Å². The van der Waals surface area contributed by atoms with Crippen LogP contribution >= 0.6 is 11.6 Å². The van der Waals surface area contributed by atoms with E-state index in [0.717, 1.165) is 5.56 Å². The van der Waals surface area contributed by atoms with Gasteiger partial charge in [-0.1, -0.05) is 29.8 Å². The Hall–Kier alpha value is -1.57. The Morgan fingerprint density at radius 2 is 2.11 bits per heavy atom. The quantitative estimate of drug-likeness (QED) is 0.848. The van der Waals surface area contributed by atoms with Gasteiger partial charge in [-0.25, -0.2) is 0 Å². The van der Waals surface area contributed by atoms with Crippen molar-refractivity contribution in [2.45, 2.75) is 6.42 Å². The lowest BCUT2D eigenvalue weighted by atomic mass is 9.99. The van der Waals surface area contributed by atoms with E-state index in [1.807, 2.05) is 18.2 Å². The van der Waals surface area contributed by atoms with Gasteiger partial charge < -0.3 is 9.64 Å². The smallest absolute Gasteiger partial charge is 0.240 e. The van der Waals surface area contributed by atoms with Crippen LogP contribution < -0.4 is 0 Å². The normalized spacial score (nSPS) is 16.7. The standard InChI is InChI=1S/C14H15ClN2O2/c15-13-4-2-1-3-11(13)9-12(10-16)14(18)17-5-7-19-8-6-17/h1-4,12H,5-9H2. The molecule has 1 aliphatic heterocycles. The molecule has 1 aliphatic rings. The van der Waals surface area contributed by atoms with Crippen molar-refractivity contribution < 1.29 is 9.53 Å². The summed E-state index contributed by atoms with van der Waals surface area (Å²) in [6.45, 7) is 2.19. The van der Waals surface area contributed by atoms with Crippen LogP contribution in [0.4, 0.5) is 0 Å². The molecule has 1 fully saturated rings. The van der Waals surface area contributed by atoms with Crippen molar-refractivity contribution in [2.24, 2.45) is 5.92 Å². The lowest BCUT2D eigenvalue weighted by Gasteiger charge is -2.28. The van der Waals surface area contributed by atoms with Gasteiger partial charge in [-0.05, 0) is 18.1 Å². The minimum atomic E-state index is -0.682. The van der Waals surface area contributed by atoms with Gasteiger partial charge in [-0.2, -0.15) is 5.26 Å². The fourth-order valence-corrected chi connectivity index (χ4v) is 2.29. The van der Waals surface area contributed by atoms with Gasteiger partial charge in [0.1, 0.15) is 5.92 Å². The molecule has 100 valence electrons. The molecule has 0 saturated carbocycles. The van der Waals surface area contributed by atoms with Gasteiger partial charge in [-0.3, -0.25) is 4.79 Å². The van der Waals surface area contributed by atoms with Gasteiger partial charge in [0.05, 0.1) is 19.3 Å². The number of rotatable bonds is 3. The summed E-state index contributed by atoms with van der Waals surface area (Å²) in [7, 11) is 0. The van der Waals surface area contributed by atoms with E-state index >= 15 is 0 Å². The Labute approximate surface area is 117 Å². The van der Waals surface area contributed by atoms with Gasteiger partial charge in [0.15, 0.2) is 0 Å². The van der Waals surface area contributed by atoms with Gasteiger partial charge in [0.2, 0.25) is 5.91 Å². The number of morpholine rings is 1. The fraction of sp³-hybridized carbons (Fsp3) is 0.429.